The zero-order valence-corrected chi connectivity index (χ0v) is 23.5. The van der Waals surface area contributed by atoms with Crippen LogP contribution in [0.25, 0.3) is 22.4 Å². The number of nitrogens with zero attached hydrogens (tertiary/aromatic N) is 1. The fourth-order valence-electron chi connectivity index (χ4n) is 4.68. The van der Waals surface area contributed by atoms with Gasteiger partial charge < -0.3 is 4.74 Å². The molecule has 0 saturated heterocycles. The van der Waals surface area contributed by atoms with E-state index in [4.69, 9.17) is 9.72 Å². The van der Waals surface area contributed by atoms with Crippen LogP contribution in [0.1, 0.15) is 97.0 Å². The minimum atomic E-state index is -1.98. The molecule has 0 fully saturated rings. The van der Waals surface area contributed by atoms with Crippen LogP contribution < -0.4 is 4.74 Å². The zero-order chi connectivity index (χ0) is 27.2. The van der Waals surface area contributed by atoms with Gasteiger partial charge in [-0.25, -0.2) is 9.18 Å². The van der Waals surface area contributed by atoms with Crippen LogP contribution in [0, 0.1) is 0 Å². The Bertz CT molecular complexity index is 1110. The van der Waals surface area contributed by atoms with Crippen LogP contribution in [-0.2, 0) is 11.2 Å². The molecule has 0 bridgehead atoms. The number of ether oxygens (including phenoxy) is 1. The van der Waals surface area contributed by atoms with Crippen LogP contribution in [0.4, 0.5) is 4.39 Å². The number of esters is 1. The Morgan fingerprint density at radius 1 is 0.789 bits per heavy atom. The molecule has 4 heteroatoms. The fraction of sp³-hybridized carbons (Fsp3) is 0.471. The van der Waals surface area contributed by atoms with Crippen molar-refractivity contribution >= 4 is 5.97 Å². The van der Waals surface area contributed by atoms with Gasteiger partial charge >= 0.3 is 5.97 Å². The third-order valence-corrected chi connectivity index (χ3v) is 7.15. The largest absolute Gasteiger partial charge is 0.424 e. The van der Waals surface area contributed by atoms with Crippen LogP contribution in [0.5, 0.6) is 5.75 Å². The van der Waals surface area contributed by atoms with Gasteiger partial charge in [0.25, 0.3) is 0 Å². The molecule has 1 unspecified atom stereocenters. The van der Waals surface area contributed by atoms with Gasteiger partial charge in [-0.15, -0.1) is 0 Å². The van der Waals surface area contributed by atoms with Gasteiger partial charge in [-0.05, 0) is 67.5 Å². The molecule has 38 heavy (non-hydrogen) atoms. The summed E-state index contributed by atoms with van der Waals surface area (Å²) in [5, 5.41) is 0. The Morgan fingerprint density at radius 2 is 1.42 bits per heavy atom. The van der Waals surface area contributed by atoms with Gasteiger partial charge in [0.1, 0.15) is 5.75 Å². The quantitative estimate of drug-likeness (QED) is 0.108. The number of rotatable bonds is 16. The van der Waals surface area contributed by atoms with E-state index in [0.717, 1.165) is 35.2 Å². The van der Waals surface area contributed by atoms with E-state index in [0.29, 0.717) is 12.2 Å². The topological polar surface area (TPSA) is 39.2 Å². The molecule has 1 aromatic heterocycles. The minimum Gasteiger partial charge on any atom is -0.424 e. The molecule has 3 rings (SSSR count). The standard InChI is InChI=1S/C34H44FNO2/c1-4-6-8-9-10-11-12-13-16-27-19-24-32(36-26-27)31-18-15-14-17-30(31)28-20-22-29(23-21-28)38-33(37)34(3,35)25-7-5-2/h14-15,17-24,26H,4-13,16,25H2,1-3H3. The molecular formula is C34H44FNO2. The highest BCUT2D eigenvalue weighted by atomic mass is 19.1. The SMILES string of the molecule is CCCCCCCCCCc1ccc(-c2ccccc2-c2ccc(OC(=O)C(C)(F)CCCC)cc2)nc1. The molecule has 1 atom stereocenters. The van der Waals surface area contributed by atoms with Crippen LogP contribution in [0.15, 0.2) is 66.9 Å². The highest BCUT2D eigenvalue weighted by molar-refractivity contribution is 5.83. The smallest absolute Gasteiger partial charge is 0.348 e. The van der Waals surface area contributed by atoms with Crippen molar-refractivity contribution in [1.82, 2.24) is 4.98 Å². The minimum absolute atomic E-state index is 0.165. The lowest BCUT2D eigenvalue weighted by atomic mass is 9.97. The summed E-state index contributed by atoms with van der Waals surface area (Å²) in [6.07, 6.45) is 15.3. The normalized spacial score (nSPS) is 12.7. The van der Waals surface area contributed by atoms with Gasteiger partial charge in [0.15, 0.2) is 0 Å². The van der Waals surface area contributed by atoms with Crippen LogP contribution in [-0.4, -0.2) is 16.6 Å². The molecular weight excluding hydrogens is 473 g/mol. The summed E-state index contributed by atoms with van der Waals surface area (Å²) < 4.78 is 20.0. The Labute approximate surface area is 228 Å². The number of pyridine rings is 1. The first-order chi connectivity index (χ1) is 18.4. The van der Waals surface area contributed by atoms with E-state index in [9.17, 15) is 9.18 Å². The molecule has 0 N–H and O–H groups in total. The molecule has 3 nitrogen and oxygen atoms in total. The molecule has 0 amide bonds. The second-order valence-corrected chi connectivity index (χ2v) is 10.5. The summed E-state index contributed by atoms with van der Waals surface area (Å²) in [6, 6.07) is 19.7. The Balaban J connectivity index is 1.59. The van der Waals surface area contributed by atoms with E-state index in [-0.39, 0.29) is 6.42 Å². The second kappa shape index (κ2) is 15.4. The van der Waals surface area contributed by atoms with Crippen molar-refractivity contribution < 1.29 is 13.9 Å². The second-order valence-electron chi connectivity index (χ2n) is 10.5. The fourth-order valence-corrected chi connectivity index (χ4v) is 4.68. The summed E-state index contributed by atoms with van der Waals surface area (Å²) in [7, 11) is 0. The third-order valence-electron chi connectivity index (χ3n) is 7.15. The van der Waals surface area contributed by atoms with E-state index in [1.54, 1.807) is 12.1 Å². The molecule has 2 aromatic carbocycles. The predicted molar refractivity (Wildman–Crippen MR) is 156 cm³/mol. The maximum atomic E-state index is 14.6. The number of hydrogen-bond acceptors (Lipinski definition) is 3. The molecule has 0 aliphatic rings. The van der Waals surface area contributed by atoms with Crippen LogP contribution >= 0.6 is 0 Å². The summed E-state index contributed by atoms with van der Waals surface area (Å²) in [6.45, 7) is 5.53. The van der Waals surface area contributed by atoms with E-state index in [1.165, 1.54) is 63.9 Å². The van der Waals surface area contributed by atoms with E-state index >= 15 is 0 Å². The Hall–Kier alpha value is -3.01. The number of benzene rings is 2. The van der Waals surface area contributed by atoms with Crippen molar-refractivity contribution in [1.29, 1.82) is 0 Å². The van der Waals surface area contributed by atoms with E-state index < -0.39 is 11.6 Å². The first kappa shape index (κ1) is 29.5. The highest BCUT2D eigenvalue weighted by Gasteiger charge is 2.34. The first-order valence-electron chi connectivity index (χ1n) is 14.5. The van der Waals surface area contributed by atoms with Crippen molar-refractivity contribution in [2.24, 2.45) is 0 Å². The number of unbranched alkanes of at least 4 members (excludes halogenated alkanes) is 8. The van der Waals surface area contributed by atoms with Gasteiger partial charge in [0.05, 0.1) is 5.69 Å². The molecule has 0 aliphatic carbocycles. The molecule has 0 radical (unpaired) electrons. The summed E-state index contributed by atoms with van der Waals surface area (Å²) in [5.41, 5.74) is 3.31. The van der Waals surface area contributed by atoms with E-state index in [1.807, 2.05) is 37.4 Å². The van der Waals surface area contributed by atoms with Crippen LogP contribution in [0.3, 0.4) is 0 Å². The van der Waals surface area contributed by atoms with Gasteiger partial charge in [-0.2, -0.15) is 0 Å². The molecule has 3 aromatic rings. The number of carbonyl (C=O) groups is 1. The zero-order valence-electron chi connectivity index (χ0n) is 23.5. The number of hydrogen-bond donors (Lipinski definition) is 0. The van der Waals surface area contributed by atoms with Crippen molar-refractivity contribution in [3.8, 4) is 28.1 Å². The van der Waals surface area contributed by atoms with Crippen molar-refractivity contribution in [2.75, 3.05) is 0 Å². The Kier molecular flexibility index (Phi) is 12.0. The summed E-state index contributed by atoms with van der Waals surface area (Å²) in [4.78, 5) is 17.1. The maximum Gasteiger partial charge on any atom is 0.348 e. The summed E-state index contributed by atoms with van der Waals surface area (Å²) in [5.74, 6) is -0.490. The summed E-state index contributed by atoms with van der Waals surface area (Å²) >= 11 is 0. The van der Waals surface area contributed by atoms with Crippen molar-refractivity contribution in [2.45, 2.75) is 103 Å². The van der Waals surface area contributed by atoms with Crippen LogP contribution in [0.2, 0.25) is 0 Å². The molecule has 204 valence electrons. The third kappa shape index (κ3) is 9.08. The predicted octanol–water partition coefficient (Wildman–Crippen LogP) is 9.92. The monoisotopic (exact) mass is 517 g/mol. The Morgan fingerprint density at radius 3 is 2.05 bits per heavy atom. The molecule has 0 aliphatic heterocycles. The first-order valence-corrected chi connectivity index (χ1v) is 14.5. The molecule has 0 saturated carbocycles. The number of aromatic nitrogens is 1. The number of halogens is 1. The van der Waals surface area contributed by atoms with Crippen molar-refractivity contribution in [3.05, 3.63) is 72.4 Å². The lowest BCUT2D eigenvalue weighted by molar-refractivity contribution is -0.147. The van der Waals surface area contributed by atoms with Crippen molar-refractivity contribution in [3.63, 3.8) is 0 Å². The lowest BCUT2D eigenvalue weighted by Gasteiger charge is -2.18. The number of aryl methyl sites for hydroxylation is 1. The van der Waals surface area contributed by atoms with Gasteiger partial charge in [0.2, 0.25) is 5.67 Å². The molecule has 1 heterocycles. The average molecular weight is 518 g/mol. The average Bonchev–Trinajstić information content (AvgIpc) is 2.94. The lowest BCUT2D eigenvalue weighted by Crippen LogP contribution is -2.34. The van der Waals surface area contributed by atoms with Gasteiger partial charge in [0, 0.05) is 11.8 Å². The van der Waals surface area contributed by atoms with Gasteiger partial charge in [-0.3, -0.25) is 4.98 Å². The molecule has 0 spiro atoms. The number of carbonyl (C=O) groups excluding carboxylic acids is 1. The maximum absolute atomic E-state index is 14.6. The highest BCUT2D eigenvalue weighted by Crippen LogP contribution is 2.32. The number of alkyl halides is 1. The van der Waals surface area contributed by atoms with Gasteiger partial charge in [-0.1, -0.05) is 108 Å². The van der Waals surface area contributed by atoms with E-state index in [2.05, 4.69) is 31.2 Å².